The zero-order chi connectivity index (χ0) is 22.9. The van der Waals surface area contributed by atoms with E-state index in [0.29, 0.717) is 32.4 Å². The highest BCUT2D eigenvalue weighted by Crippen LogP contribution is 2.35. The number of aryl methyl sites for hydroxylation is 2. The number of rotatable bonds is 6. The highest BCUT2D eigenvalue weighted by molar-refractivity contribution is 7.92. The summed E-state index contributed by atoms with van der Waals surface area (Å²) in [6.45, 7) is 7.15. The largest absolute Gasteiger partial charge is 0.465 e. The summed E-state index contributed by atoms with van der Waals surface area (Å²) in [6, 6.07) is 8.77. The summed E-state index contributed by atoms with van der Waals surface area (Å²) in [6.07, 6.45) is 0. The van der Waals surface area contributed by atoms with E-state index in [4.69, 9.17) is 4.74 Å². The molecule has 0 fully saturated rings. The number of carbonyl (C=O) groups excluding carboxylic acids is 1. The van der Waals surface area contributed by atoms with Crippen LogP contribution in [0.3, 0.4) is 0 Å². The van der Waals surface area contributed by atoms with Crippen LogP contribution in [0.2, 0.25) is 0 Å². The van der Waals surface area contributed by atoms with Gasteiger partial charge in [-0.05, 0) is 75.2 Å². The van der Waals surface area contributed by atoms with Crippen LogP contribution in [0.1, 0.15) is 33.3 Å². The fraction of sp³-hybridized carbons (Fsp3) is 0.273. The molecule has 0 bridgehead atoms. The van der Waals surface area contributed by atoms with Crippen LogP contribution in [0, 0.1) is 26.6 Å². The van der Waals surface area contributed by atoms with Gasteiger partial charge >= 0.3 is 5.97 Å². The van der Waals surface area contributed by atoms with Crippen molar-refractivity contribution < 1.29 is 22.3 Å². The predicted molar refractivity (Wildman–Crippen MR) is 120 cm³/mol. The fourth-order valence-electron chi connectivity index (χ4n) is 3.19. The van der Waals surface area contributed by atoms with Crippen molar-refractivity contribution in [3.05, 3.63) is 63.8 Å². The Morgan fingerprint density at radius 1 is 1.16 bits per heavy atom. The minimum absolute atomic E-state index is 0.00594. The minimum atomic E-state index is -4.00. The Morgan fingerprint density at radius 2 is 1.81 bits per heavy atom. The SMILES string of the molecule is CCN(c1nc(-c2ccc(F)cc2)sc1C)S(=O)(=O)c1cc(C)c(C)c(C(=O)OC)c1. The van der Waals surface area contributed by atoms with Crippen LogP contribution < -0.4 is 4.31 Å². The van der Waals surface area contributed by atoms with Crippen LogP contribution in [0.25, 0.3) is 10.6 Å². The van der Waals surface area contributed by atoms with E-state index >= 15 is 0 Å². The molecule has 6 nitrogen and oxygen atoms in total. The number of aromatic nitrogens is 1. The second kappa shape index (κ2) is 8.76. The highest BCUT2D eigenvalue weighted by atomic mass is 32.2. The number of halogens is 1. The number of hydrogen-bond donors (Lipinski definition) is 0. The number of carbonyl (C=O) groups is 1. The molecule has 9 heteroatoms. The Kier molecular flexibility index (Phi) is 6.47. The molecule has 0 aliphatic heterocycles. The van der Waals surface area contributed by atoms with Crippen LogP contribution in [0.4, 0.5) is 10.2 Å². The van der Waals surface area contributed by atoms with Gasteiger partial charge in [-0.3, -0.25) is 0 Å². The Balaban J connectivity index is 2.10. The highest BCUT2D eigenvalue weighted by Gasteiger charge is 2.29. The fourth-order valence-corrected chi connectivity index (χ4v) is 5.77. The Hall–Kier alpha value is -2.78. The van der Waals surface area contributed by atoms with Crippen molar-refractivity contribution in [3.63, 3.8) is 0 Å². The van der Waals surface area contributed by atoms with E-state index in [2.05, 4.69) is 4.98 Å². The smallest absolute Gasteiger partial charge is 0.338 e. The molecule has 31 heavy (non-hydrogen) atoms. The third-order valence-electron chi connectivity index (χ3n) is 5.02. The molecule has 164 valence electrons. The number of thiazole rings is 1. The molecule has 3 aromatic rings. The number of nitrogens with zero attached hydrogens (tertiary/aromatic N) is 2. The standard InChI is InChI=1S/C22H23FN2O4S2/c1-6-25(20-15(4)30-21(24-20)16-7-9-17(23)10-8-16)31(27,28)18-11-13(2)14(3)19(12-18)22(26)29-5/h7-12H,6H2,1-5H3. The molecule has 1 aromatic heterocycles. The second-order valence-electron chi connectivity index (χ2n) is 6.98. The Labute approximate surface area is 185 Å². The second-order valence-corrected chi connectivity index (χ2v) is 10.0. The summed E-state index contributed by atoms with van der Waals surface area (Å²) in [5.74, 6) is -0.639. The number of sulfonamides is 1. The summed E-state index contributed by atoms with van der Waals surface area (Å²) in [5.41, 5.74) is 2.24. The minimum Gasteiger partial charge on any atom is -0.465 e. The van der Waals surface area contributed by atoms with E-state index in [1.165, 1.54) is 41.0 Å². The molecule has 0 aliphatic carbocycles. The molecular weight excluding hydrogens is 439 g/mol. The first-order valence-corrected chi connectivity index (χ1v) is 11.8. The van der Waals surface area contributed by atoms with Gasteiger partial charge in [0, 0.05) is 17.0 Å². The van der Waals surface area contributed by atoms with Gasteiger partial charge in [-0.25, -0.2) is 26.9 Å². The summed E-state index contributed by atoms with van der Waals surface area (Å²) in [5, 5.41) is 0.594. The van der Waals surface area contributed by atoms with E-state index < -0.39 is 16.0 Å². The van der Waals surface area contributed by atoms with Crippen molar-refractivity contribution in [3.8, 4) is 10.6 Å². The quantitative estimate of drug-likeness (QED) is 0.488. The van der Waals surface area contributed by atoms with Gasteiger partial charge in [0.25, 0.3) is 10.0 Å². The topological polar surface area (TPSA) is 76.6 Å². The van der Waals surface area contributed by atoms with E-state index in [1.54, 1.807) is 45.9 Å². The lowest BCUT2D eigenvalue weighted by atomic mass is 10.0. The predicted octanol–water partition coefficient (Wildman–Crippen LogP) is 4.88. The van der Waals surface area contributed by atoms with Crippen molar-refractivity contribution in [1.29, 1.82) is 0 Å². The lowest BCUT2D eigenvalue weighted by Gasteiger charge is -2.22. The molecule has 0 unspecified atom stereocenters. The third-order valence-corrected chi connectivity index (χ3v) is 7.87. The van der Waals surface area contributed by atoms with E-state index in [0.717, 1.165) is 0 Å². The van der Waals surface area contributed by atoms with Crippen molar-refractivity contribution in [1.82, 2.24) is 4.98 Å². The number of anilines is 1. The third kappa shape index (κ3) is 4.33. The van der Waals surface area contributed by atoms with Crippen molar-refractivity contribution >= 4 is 33.1 Å². The maximum Gasteiger partial charge on any atom is 0.338 e. The molecule has 3 rings (SSSR count). The normalized spacial score (nSPS) is 11.4. The number of hydrogen-bond acceptors (Lipinski definition) is 6. The van der Waals surface area contributed by atoms with Gasteiger partial charge in [0.15, 0.2) is 5.82 Å². The summed E-state index contributed by atoms with van der Waals surface area (Å²) in [4.78, 5) is 17.4. The van der Waals surface area contributed by atoms with Crippen LogP contribution >= 0.6 is 11.3 Å². The Bertz CT molecular complexity index is 1240. The zero-order valence-electron chi connectivity index (χ0n) is 17.9. The maximum absolute atomic E-state index is 13.5. The van der Waals surface area contributed by atoms with Gasteiger partial charge in [-0.1, -0.05) is 0 Å². The maximum atomic E-state index is 13.5. The summed E-state index contributed by atoms with van der Waals surface area (Å²) in [7, 11) is -2.74. The molecule has 2 aromatic carbocycles. The van der Waals surface area contributed by atoms with Crippen LogP contribution in [-0.4, -0.2) is 33.0 Å². The Morgan fingerprint density at radius 3 is 2.39 bits per heavy atom. The molecule has 0 atom stereocenters. The molecule has 0 saturated carbocycles. The van der Waals surface area contributed by atoms with Crippen LogP contribution in [0.15, 0.2) is 41.3 Å². The molecule has 0 N–H and O–H groups in total. The summed E-state index contributed by atoms with van der Waals surface area (Å²) < 4.78 is 46.3. The van der Waals surface area contributed by atoms with Gasteiger partial charge in [0.05, 0.1) is 17.6 Å². The van der Waals surface area contributed by atoms with Crippen molar-refractivity contribution in [2.45, 2.75) is 32.6 Å². The number of benzene rings is 2. The zero-order valence-corrected chi connectivity index (χ0v) is 19.5. The van der Waals surface area contributed by atoms with Gasteiger partial charge in [-0.15, -0.1) is 11.3 Å². The average molecular weight is 463 g/mol. The summed E-state index contributed by atoms with van der Waals surface area (Å²) >= 11 is 1.33. The number of methoxy groups -OCH3 is 1. The van der Waals surface area contributed by atoms with Gasteiger partial charge in [0.1, 0.15) is 10.8 Å². The van der Waals surface area contributed by atoms with Gasteiger partial charge in [0.2, 0.25) is 0 Å². The van der Waals surface area contributed by atoms with Crippen LogP contribution in [-0.2, 0) is 14.8 Å². The molecule has 1 heterocycles. The molecular formula is C22H23FN2O4S2. The lowest BCUT2D eigenvalue weighted by molar-refractivity contribution is 0.0599. The average Bonchev–Trinajstić information content (AvgIpc) is 3.11. The van der Waals surface area contributed by atoms with Gasteiger partial charge in [-0.2, -0.15) is 0 Å². The molecule has 0 amide bonds. The lowest BCUT2D eigenvalue weighted by Crippen LogP contribution is -2.32. The number of ether oxygens (including phenoxy) is 1. The van der Waals surface area contributed by atoms with Crippen LogP contribution in [0.5, 0.6) is 0 Å². The van der Waals surface area contributed by atoms with Crippen molar-refractivity contribution in [2.24, 2.45) is 0 Å². The molecule has 0 aliphatic rings. The van der Waals surface area contributed by atoms with E-state index in [9.17, 15) is 17.6 Å². The van der Waals surface area contributed by atoms with Gasteiger partial charge < -0.3 is 4.74 Å². The monoisotopic (exact) mass is 462 g/mol. The molecule has 0 radical (unpaired) electrons. The first kappa shape index (κ1) is 22.9. The first-order chi connectivity index (χ1) is 14.6. The first-order valence-electron chi connectivity index (χ1n) is 9.55. The van der Waals surface area contributed by atoms with Crippen molar-refractivity contribution in [2.75, 3.05) is 18.0 Å². The number of esters is 1. The molecule has 0 spiro atoms. The van der Waals surface area contributed by atoms with E-state index in [1.807, 2.05) is 0 Å². The van der Waals surface area contributed by atoms with E-state index in [-0.39, 0.29) is 22.8 Å². The molecule has 0 saturated heterocycles.